The van der Waals surface area contributed by atoms with E-state index in [0.29, 0.717) is 12.5 Å². The largest absolute Gasteiger partial charge is 0.372 e. The molecule has 104 valence electrons. The first-order valence-corrected chi connectivity index (χ1v) is 6.73. The van der Waals surface area contributed by atoms with Crippen LogP contribution in [0.5, 0.6) is 0 Å². The summed E-state index contributed by atoms with van der Waals surface area (Å²) >= 11 is 0. The number of rotatable bonds is 6. The van der Waals surface area contributed by atoms with Crippen LogP contribution >= 0.6 is 0 Å². The summed E-state index contributed by atoms with van der Waals surface area (Å²) in [5, 5.41) is 2.83. The van der Waals surface area contributed by atoms with Gasteiger partial charge in [-0.1, -0.05) is 6.92 Å². The van der Waals surface area contributed by atoms with Crippen molar-refractivity contribution in [2.45, 2.75) is 33.1 Å². The molecule has 0 atom stereocenters. The fourth-order valence-corrected chi connectivity index (χ4v) is 2.07. The maximum atomic E-state index is 11.8. The van der Waals surface area contributed by atoms with E-state index in [-0.39, 0.29) is 18.4 Å². The highest BCUT2D eigenvalue weighted by Gasteiger charge is 2.22. The number of carbonyl (C=O) groups is 2. The Morgan fingerprint density at radius 2 is 2.00 bits per heavy atom. The number of carbonyl (C=O) groups excluding carboxylic acids is 2. The molecular weight excluding hydrogens is 232 g/mol. The molecule has 0 unspecified atom stereocenters. The van der Waals surface area contributed by atoms with Crippen molar-refractivity contribution < 1.29 is 14.3 Å². The van der Waals surface area contributed by atoms with E-state index in [1.54, 1.807) is 0 Å². The number of nitrogens with one attached hydrogen (secondary N) is 1. The summed E-state index contributed by atoms with van der Waals surface area (Å²) in [6, 6.07) is 0. The van der Waals surface area contributed by atoms with Crippen molar-refractivity contribution in [2.75, 3.05) is 32.8 Å². The molecule has 0 aromatic carbocycles. The van der Waals surface area contributed by atoms with Crippen molar-refractivity contribution >= 4 is 11.8 Å². The van der Waals surface area contributed by atoms with Gasteiger partial charge < -0.3 is 15.0 Å². The third-order valence-corrected chi connectivity index (χ3v) is 3.18. The smallest absolute Gasteiger partial charge is 0.248 e. The van der Waals surface area contributed by atoms with Crippen LogP contribution in [-0.4, -0.2) is 49.6 Å². The van der Waals surface area contributed by atoms with Crippen LogP contribution in [0.4, 0.5) is 0 Å². The number of piperidine rings is 1. The Morgan fingerprint density at radius 1 is 1.33 bits per heavy atom. The van der Waals surface area contributed by atoms with E-state index in [1.165, 1.54) is 6.92 Å². The molecule has 5 heteroatoms. The van der Waals surface area contributed by atoms with Crippen LogP contribution in [0.1, 0.15) is 33.1 Å². The van der Waals surface area contributed by atoms with Crippen LogP contribution < -0.4 is 5.32 Å². The lowest BCUT2D eigenvalue weighted by molar-refractivity contribution is -0.137. The maximum Gasteiger partial charge on any atom is 0.248 e. The van der Waals surface area contributed by atoms with E-state index in [2.05, 4.69) is 5.32 Å². The van der Waals surface area contributed by atoms with Gasteiger partial charge in [-0.15, -0.1) is 0 Å². The zero-order valence-electron chi connectivity index (χ0n) is 11.4. The Balaban J connectivity index is 2.17. The van der Waals surface area contributed by atoms with Gasteiger partial charge in [0.2, 0.25) is 11.8 Å². The molecule has 1 saturated heterocycles. The predicted molar refractivity (Wildman–Crippen MR) is 69.1 cm³/mol. The van der Waals surface area contributed by atoms with Gasteiger partial charge in [0.25, 0.3) is 0 Å². The Hall–Kier alpha value is -1.10. The second-order valence-electron chi connectivity index (χ2n) is 4.81. The van der Waals surface area contributed by atoms with Crippen LogP contribution in [0, 0.1) is 5.92 Å². The number of amides is 2. The third kappa shape index (κ3) is 5.49. The van der Waals surface area contributed by atoms with E-state index in [4.69, 9.17) is 4.74 Å². The SMILES string of the molecule is CCCOCC(=O)N1CCC(CNC(C)=O)CC1. The minimum absolute atomic E-state index is 0.0153. The van der Waals surface area contributed by atoms with E-state index in [0.717, 1.165) is 38.9 Å². The fraction of sp³-hybridized carbons (Fsp3) is 0.846. The molecule has 1 fully saturated rings. The minimum Gasteiger partial charge on any atom is -0.372 e. The van der Waals surface area contributed by atoms with Gasteiger partial charge in [0.15, 0.2) is 0 Å². The van der Waals surface area contributed by atoms with Crippen molar-refractivity contribution in [3.8, 4) is 0 Å². The molecule has 1 aliphatic rings. The molecule has 0 radical (unpaired) electrons. The topological polar surface area (TPSA) is 58.6 Å². The summed E-state index contributed by atoms with van der Waals surface area (Å²) in [6.45, 7) is 6.68. The standard InChI is InChI=1S/C13H24N2O3/c1-3-8-18-10-13(17)15-6-4-12(5-7-15)9-14-11(2)16/h12H,3-10H2,1-2H3,(H,14,16). The van der Waals surface area contributed by atoms with Crippen molar-refractivity contribution in [2.24, 2.45) is 5.92 Å². The van der Waals surface area contributed by atoms with E-state index < -0.39 is 0 Å². The number of ether oxygens (including phenoxy) is 1. The highest BCUT2D eigenvalue weighted by molar-refractivity contribution is 5.77. The lowest BCUT2D eigenvalue weighted by Crippen LogP contribution is -2.42. The molecule has 1 aliphatic heterocycles. The molecule has 0 aromatic rings. The molecule has 1 rings (SSSR count). The van der Waals surface area contributed by atoms with Crippen LogP contribution in [0.3, 0.4) is 0 Å². The Labute approximate surface area is 109 Å². The van der Waals surface area contributed by atoms with Gasteiger partial charge in [-0.3, -0.25) is 9.59 Å². The highest BCUT2D eigenvalue weighted by Crippen LogP contribution is 2.16. The van der Waals surface area contributed by atoms with Crippen molar-refractivity contribution in [1.82, 2.24) is 10.2 Å². The van der Waals surface area contributed by atoms with Crippen LogP contribution in [0.2, 0.25) is 0 Å². The lowest BCUT2D eigenvalue weighted by atomic mass is 9.97. The monoisotopic (exact) mass is 256 g/mol. The molecular formula is C13H24N2O3. The Kier molecular flexibility index (Phi) is 6.72. The maximum absolute atomic E-state index is 11.8. The zero-order valence-corrected chi connectivity index (χ0v) is 11.4. The fourth-order valence-electron chi connectivity index (χ4n) is 2.07. The quantitative estimate of drug-likeness (QED) is 0.715. The average Bonchev–Trinajstić information content (AvgIpc) is 2.37. The Bertz CT molecular complexity index is 273. The van der Waals surface area contributed by atoms with Crippen molar-refractivity contribution in [1.29, 1.82) is 0 Å². The highest BCUT2D eigenvalue weighted by atomic mass is 16.5. The lowest BCUT2D eigenvalue weighted by Gasteiger charge is -2.32. The van der Waals surface area contributed by atoms with Gasteiger partial charge in [0.1, 0.15) is 6.61 Å². The average molecular weight is 256 g/mol. The first-order valence-electron chi connectivity index (χ1n) is 6.73. The first kappa shape index (κ1) is 15.0. The molecule has 0 aliphatic carbocycles. The van der Waals surface area contributed by atoms with Gasteiger partial charge in [0.05, 0.1) is 0 Å². The number of hydrogen-bond donors (Lipinski definition) is 1. The molecule has 0 spiro atoms. The van der Waals surface area contributed by atoms with Crippen LogP contribution in [-0.2, 0) is 14.3 Å². The summed E-state index contributed by atoms with van der Waals surface area (Å²) in [6.07, 6.45) is 2.85. The molecule has 0 saturated carbocycles. The number of likely N-dealkylation sites (tertiary alicyclic amines) is 1. The number of nitrogens with zero attached hydrogens (tertiary/aromatic N) is 1. The molecule has 0 aromatic heterocycles. The third-order valence-electron chi connectivity index (χ3n) is 3.18. The molecule has 2 amide bonds. The van der Waals surface area contributed by atoms with Gasteiger partial charge >= 0.3 is 0 Å². The number of hydrogen-bond acceptors (Lipinski definition) is 3. The summed E-state index contributed by atoms with van der Waals surface area (Å²) in [4.78, 5) is 24.5. The van der Waals surface area contributed by atoms with Crippen LogP contribution in [0.25, 0.3) is 0 Å². The van der Waals surface area contributed by atoms with Crippen molar-refractivity contribution in [3.63, 3.8) is 0 Å². The molecule has 1 heterocycles. The van der Waals surface area contributed by atoms with Crippen molar-refractivity contribution in [3.05, 3.63) is 0 Å². The normalized spacial score (nSPS) is 16.7. The van der Waals surface area contributed by atoms with E-state index >= 15 is 0 Å². The molecule has 18 heavy (non-hydrogen) atoms. The minimum atomic E-state index is 0.0153. The molecule has 5 nitrogen and oxygen atoms in total. The molecule has 1 N–H and O–H groups in total. The second-order valence-corrected chi connectivity index (χ2v) is 4.81. The predicted octanol–water partition coefficient (Wildman–Crippen LogP) is 0.788. The van der Waals surface area contributed by atoms with E-state index in [9.17, 15) is 9.59 Å². The van der Waals surface area contributed by atoms with E-state index in [1.807, 2.05) is 11.8 Å². The molecule has 0 bridgehead atoms. The summed E-state index contributed by atoms with van der Waals surface area (Å²) in [5.41, 5.74) is 0. The summed E-state index contributed by atoms with van der Waals surface area (Å²) in [7, 11) is 0. The summed E-state index contributed by atoms with van der Waals surface area (Å²) in [5.74, 6) is 0.595. The first-order chi connectivity index (χ1) is 8.63. The van der Waals surface area contributed by atoms with Gasteiger partial charge in [-0.25, -0.2) is 0 Å². The van der Waals surface area contributed by atoms with Gasteiger partial charge in [-0.05, 0) is 25.2 Å². The second kappa shape index (κ2) is 8.08. The Morgan fingerprint density at radius 3 is 2.56 bits per heavy atom. The van der Waals surface area contributed by atoms with Crippen LogP contribution in [0.15, 0.2) is 0 Å². The van der Waals surface area contributed by atoms with Gasteiger partial charge in [-0.2, -0.15) is 0 Å². The van der Waals surface area contributed by atoms with Gasteiger partial charge in [0, 0.05) is 33.2 Å². The summed E-state index contributed by atoms with van der Waals surface area (Å²) < 4.78 is 5.26. The zero-order chi connectivity index (χ0) is 13.4.